The molecule has 0 heterocycles. The summed E-state index contributed by atoms with van der Waals surface area (Å²) in [4.78, 5) is 23.4. The van der Waals surface area contributed by atoms with Gasteiger partial charge in [-0.05, 0) is 35.2 Å². The van der Waals surface area contributed by atoms with E-state index < -0.39 is 35.7 Å². The summed E-state index contributed by atoms with van der Waals surface area (Å²) in [5.74, 6) is -3.26. The Labute approximate surface area is 162 Å². The van der Waals surface area contributed by atoms with Crippen molar-refractivity contribution in [3.8, 4) is 5.75 Å². The van der Waals surface area contributed by atoms with Crippen LogP contribution < -0.4 is 10.1 Å². The Morgan fingerprint density at radius 2 is 1.61 bits per heavy atom. The number of rotatable bonds is 7. The Kier molecular flexibility index (Phi) is 7.09. The summed E-state index contributed by atoms with van der Waals surface area (Å²) >= 11 is 0. The Bertz CT molecular complexity index is 809. The second-order valence-electron chi connectivity index (χ2n) is 7.15. The van der Waals surface area contributed by atoms with Crippen LogP contribution in [0.3, 0.4) is 0 Å². The van der Waals surface area contributed by atoms with Gasteiger partial charge in [0.05, 0.1) is 6.54 Å². The molecule has 7 heteroatoms. The first-order valence-electron chi connectivity index (χ1n) is 8.79. The van der Waals surface area contributed by atoms with E-state index in [4.69, 9.17) is 4.74 Å². The summed E-state index contributed by atoms with van der Waals surface area (Å²) in [5, 5.41) is 2.50. The summed E-state index contributed by atoms with van der Waals surface area (Å²) in [6.45, 7) is 6.11. The van der Waals surface area contributed by atoms with Gasteiger partial charge in [-0.15, -0.1) is 0 Å². The molecule has 2 aromatic rings. The van der Waals surface area contributed by atoms with Gasteiger partial charge in [0.2, 0.25) is 0 Å². The molecule has 2 rings (SSSR count). The molecule has 0 aliphatic rings. The quantitative estimate of drug-likeness (QED) is 0.578. The summed E-state index contributed by atoms with van der Waals surface area (Å²) in [6.07, 6.45) is 0. The third kappa shape index (κ3) is 6.04. The number of amides is 1. The number of carbonyl (C=O) groups excluding carboxylic acids is 2. The summed E-state index contributed by atoms with van der Waals surface area (Å²) < 4.78 is 37.1. The van der Waals surface area contributed by atoms with E-state index in [0.717, 1.165) is 18.2 Å². The highest BCUT2D eigenvalue weighted by Crippen LogP contribution is 2.24. The van der Waals surface area contributed by atoms with Crippen molar-refractivity contribution in [2.24, 2.45) is 0 Å². The first-order valence-corrected chi connectivity index (χ1v) is 8.79. The van der Waals surface area contributed by atoms with Gasteiger partial charge >= 0.3 is 5.97 Å². The molecule has 0 saturated heterocycles. The standard InChI is InChI=1S/C21H23F2NO4/c1-21(2,3)14-7-9-15(10-8-14)27-12-11-24-18(25)13-28-20(26)19-16(22)5-4-6-17(19)23/h4-10H,11-13H2,1-3H3,(H,24,25). The minimum absolute atomic E-state index is 0.0511. The summed E-state index contributed by atoms with van der Waals surface area (Å²) in [7, 11) is 0. The summed E-state index contributed by atoms with van der Waals surface area (Å²) in [6, 6.07) is 10.7. The number of hydrogen-bond acceptors (Lipinski definition) is 4. The highest BCUT2D eigenvalue weighted by molar-refractivity contribution is 5.91. The van der Waals surface area contributed by atoms with Crippen molar-refractivity contribution in [2.75, 3.05) is 19.8 Å². The number of esters is 1. The van der Waals surface area contributed by atoms with Crippen LogP contribution in [0.4, 0.5) is 8.78 Å². The van der Waals surface area contributed by atoms with Crippen molar-refractivity contribution in [1.29, 1.82) is 0 Å². The molecule has 0 fully saturated rings. The van der Waals surface area contributed by atoms with Gasteiger partial charge in [-0.2, -0.15) is 0 Å². The lowest BCUT2D eigenvalue weighted by Crippen LogP contribution is -2.32. The molecule has 0 spiro atoms. The van der Waals surface area contributed by atoms with Crippen LogP contribution >= 0.6 is 0 Å². The summed E-state index contributed by atoms with van der Waals surface area (Å²) in [5.41, 5.74) is 0.411. The van der Waals surface area contributed by atoms with Crippen molar-refractivity contribution >= 4 is 11.9 Å². The first-order chi connectivity index (χ1) is 13.2. The van der Waals surface area contributed by atoms with Gasteiger partial charge in [-0.3, -0.25) is 4.79 Å². The predicted molar refractivity (Wildman–Crippen MR) is 100 cm³/mol. The Balaban J connectivity index is 1.71. The average Bonchev–Trinajstić information content (AvgIpc) is 2.63. The SMILES string of the molecule is CC(C)(C)c1ccc(OCCNC(=O)COC(=O)c2c(F)cccc2F)cc1. The third-order valence-corrected chi connectivity index (χ3v) is 3.91. The lowest BCUT2D eigenvalue weighted by molar-refractivity contribution is -0.124. The fraction of sp³-hybridized carbons (Fsp3) is 0.333. The highest BCUT2D eigenvalue weighted by atomic mass is 19.1. The van der Waals surface area contributed by atoms with Gasteiger partial charge in [0.15, 0.2) is 6.61 Å². The second-order valence-corrected chi connectivity index (χ2v) is 7.15. The average molecular weight is 391 g/mol. The number of benzene rings is 2. The topological polar surface area (TPSA) is 64.6 Å². The Hall–Kier alpha value is -2.96. The zero-order chi connectivity index (χ0) is 20.7. The number of carbonyl (C=O) groups is 2. The van der Waals surface area contributed by atoms with Crippen molar-refractivity contribution in [2.45, 2.75) is 26.2 Å². The Morgan fingerprint density at radius 1 is 1.00 bits per heavy atom. The molecule has 0 saturated carbocycles. The van der Waals surface area contributed by atoms with E-state index in [-0.39, 0.29) is 18.6 Å². The molecule has 2 aromatic carbocycles. The zero-order valence-corrected chi connectivity index (χ0v) is 16.1. The monoisotopic (exact) mass is 391 g/mol. The molecule has 0 unspecified atom stereocenters. The molecule has 0 aliphatic heterocycles. The van der Waals surface area contributed by atoms with Crippen LogP contribution in [-0.2, 0) is 14.9 Å². The molecular weight excluding hydrogens is 368 g/mol. The normalized spacial score (nSPS) is 11.0. The zero-order valence-electron chi connectivity index (χ0n) is 16.1. The van der Waals surface area contributed by atoms with E-state index in [1.807, 2.05) is 24.3 Å². The third-order valence-electron chi connectivity index (χ3n) is 3.91. The van der Waals surface area contributed by atoms with E-state index in [1.54, 1.807) is 0 Å². The molecule has 0 atom stereocenters. The smallest absolute Gasteiger partial charge is 0.344 e. The van der Waals surface area contributed by atoms with Crippen LogP contribution in [0, 0.1) is 11.6 Å². The van der Waals surface area contributed by atoms with Crippen LogP contribution in [0.1, 0.15) is 36.7 Å². The van der Waals surface area contributed by atoms with Gasteiger partial charge in [0.25, 0.3) is 5.91 Å². The van der Waals surface area contributed by atoms with E-state index in [9.17, 15) is 18.4 Å². The fourth-order valence-corrected chi connectivity index (χ4v) is 2.36. The van der Waals surface area contributed by atoms with Gasteiger partial charge in [-0.1, -0.05) is 39.0 Å². The minimum atomic E-state index is -1.24. The molecule has 0 bridgehead atoms. The van der Waals surface area contributed by atoms with Crippen LogP contribution in [0.2, 0.25) is 0 Å². The van der Waals surface area contributed by atoms with E-state index >= 15 is 0 Å². The maximum atomic E-state index is 13.5. The van der Waals surface area contributed by atoms with E-state index in [0.29, 0.717) is 5.75 Å². The predicted octanol–water partition coefficient (Wildman–Crippen LogP) is 3.61. The number of halogens is 2. The van der Waals surface area contributed by atoms with E-state index in [1.165, 1.54) is 5.56 Å². The largest absolute Gasteiger partial charge is 0.492 e. The molecule has 0 aliphatic carbocycles. The van der Waals surface area contributed by atoms with Crippen LogP contribution in [0.5, 0.6) is 5.75 Å². The van der Waals surface area contributed by atoms with Gasteiger partial charge < -0.3 is 14.8 Å². The van der Waals surface area contributed by atoms with Crippen molar-refractivity contribution in [3.63, 3.8) is 0 Å². The molecule has 0 radical (unpaired) electrons. The van der Waals surface area contributed by atoms with Crippen LogP contribution in [-0.4, -0.2) is 31.6 Å². The molecular formula is C21H23F2NO4. The molecule has 5 nitrogen and oxygen atoms in total. The minimum Gasteiger partial charge on any atom is -0.492 e. The van der Waals surface area contributed by atoms with Crippen LogP contribution in [0.25, 0.3) is 0 Å². The first kappa shape index (κ1) is 21.3. The van der Waals surface area contributed by atoms with Gasteiger partial charge in [-0.25, -0.2) is 13.6 Å². The van der Waals surface area contributed by atoms with Crippen molar-refractivity contribution < 1.29 is 27.8 Å². The highest BCUT2D eigenvalue weighted by Gasteiger charge is 2.19. The number of hydrogen-bond donors (Lipinski definition) is 1. The van der Waals surface area contributed by atoms with Crippen LogP contribution in [0.15, 0.2) is 42.5 Å². The number of ether oxygens (including phenoxy) is 2. The maximum Gasteiger partial charge on any atom is 0.344 e. The molecule has 150 valence electrons. The Morgan fingerprint density at radius 3 is 2.18 bits per heavy atom. The molecule has 0 aromatic heterocycles. The lowest BCUT2D eigenvalue weighted by Gasteiger charge is -2.19. The lowest BCUT2D eigenvalue weighted by atomic mass is 9.87. The van der Waals surface area contributed by atoms with Gasteiger partial charge in [0, 0.05) is 0 Å². The number of nitrogens with one attached hydrogen (secondary N) is 1. The molecule has 1 amide bonds. The van der Waals surface area contributed by atoms with Crippen molar-refractivity contribution in [1.82, 2.24) is 5.32 Å². The molecule has 1 N–H and O–H groups in total. The van der Waals surface area contributed by atoms with Gasteiger partial charge in [0.1, 0.15) is 29.6 Å². The van der Waals surface area contributed by atoms with E-state index in [2.05, 4.69) is 30.8 Å². The van der Waals surface area contributed by atoms with Crippen molar-refractivity contribution in [3.05, 3.63) is 65.2 Å². The molecule has 28 heavy (non-hydrogen) atoms. The second kappa shape index (κ2) is 9.30. The fourth-order valence-electron chi connectivity index (χ4n) is 2.36. The maximum absolute atomic E-state index is 13.5.